The second-order valence-electron chi connectivity index (χ2n) is 2.89. The molecule has 0 aliphatic rings. The van der Waals surface area contributed by atoms with Crippen LogP contribution in [-0.2, 0) is 0 Å². The maximum Gasteiger partial charge on any atom is 0.249 e. The van der Waals surface area contributed by atoms with E-state index in [1.165, 1.54) is 0 Å². The van der Waals surface area contributed by atoms with Crippen LogP contribution in [0.4, 0.5) is 0 Å². The number of hydrogen-bond acceptors (Lipinski definition) is 2. The first-order chi connectivity index (χ1) is 6.74. The third kappa shape index (κ3) is 1.80. The van der Waals surface area contributed by atoms with Crippen molar-refractivity contribution in [2.75, 3.05) is 14.2 Å². The Morgan fingerprint density at radius 2 is 2.00 bits per heavy atom. The molecule has 0 aromatic heterocycles. The molecule has 14 heavy (non-hydrogen) atoms. The zero-order chi connectivity index (χ0) is 10.6. The largest absolute Gasteiger partial charge is 0.493 e. The lowest BCUT2D eigenvalue weighted by atomic mass is 10.1. The zero-order valence-electron chi connectivity index (χ0n) is 8.57. The van der Waals surface area contributed by atoms with Crippen LogP contribution in [0.1, 0.15) is 18.5 Å². The molecule has 1 aromatic rings. The summed E-state index contributed by atoms with van der Waals surface area (Å²) in [5.41, 5.74) is 0.863. The molecule has 1 aromatic carbocycles. The first-order valence-electron chi connectivity index (χ1n) is 4.32. The van der Waals surface area contributed by atoms with Crippen LogP contribution in [0.5, 0.6) is 11.5 Å². The van der Waals surface area contributed by atoms with E-state index < -0.39 is 0 Å². The van der Waals surface area contributed by atoms with Gasteiger partial charge in [-0.3, -0.25) is 0 Å². The van der Waals surface area contributed by atoms with Gasteiger partial charge in [0.15, 0.2) is 11.5 Å². The molecule has 3 heteroatoms. The van der Waals surface area contributed by atoms with E-state index in [9.17, 15) is 0 Å². The summed E-state index contributed by atoms with van der Waals surface area (Å²) in [6.07, 6.45) is 0. The summed E-state index contributed by atoms with van der Waals surface area (Å²) in [6, 6.07) is 5.35. The second-order valence-corrected chi connectivity index (χ2v) is 2.89. The second kappa shape index (κ2) is 4.52. The molecule has 3 nitrogen and oxygen atoms in total. The van der Waals surface area contributed by atoms with Crippen LogP contribution < -0.4 is 9.47 Å². The lowest BCUT2D eigenvalue weighted by Gasteiger charge is -2.11. The number of nitrogens with zero attached hydrogens (tertiary/aromatic N) is 1. The van der Waals surface area contributed by atoms with Crippen LogP contribution in [0.3, 0.4) is 0 Å². The minimum absolute atomic E-state index is 0.208. The van der Waals surface area contributed by atoms with Crippen molar-refractivity contribution in [3.63, 3.8) is 0 Å². The van der Waals surface area contributed by atoms with Gasteiger partial charge in [-0.15, -0.1) is 0 Å². The summed E-state index contributed by atoms with van der Waals surface area (Å²) in [7, 11) is 3.17. The van der Waals surface area contributed by atoms with Crippen molar-refractivity contribution < 1.29 is 9.47 Å². The van der Waals surface area contributed by atoms with Crippen molar-refractivity contribution >= 4 is 0 Å². The number of rotatable bonds is 3. The summed E-state index contributed by atoms with van der Waals surface area (Å²) in [6.45, 7) is 8.81. The molecule has 0 spiro atoms. The molecule has 0 heterocycles. The van der Waals surface area contributed by atoms with Crippen LogP contribution in [0.15, 0.2) is 18.2 Å². The molecule has 0 fully saturated rings. The Kier molecular flexibility index (Phi) is 3.35. The van der Waals surface area contributed by atoms with Gasteiger partial charge in [0.05, 0.1) is 19.8 Å². The summed E-state index contributed by atoms with van der Waals surface area (Å²) in [4.78, 5) is 3.46. The SMILES string of the molecule is [C-]#[N+]C(C)c1cccc(OC)c1OC. The fourth-order valence-corrected chi connectivity index (χ4v) is 1.31. The highest BCUT2D eigenvalue weighted by Gasteiger charge is 2.17. The molecule has 0 aliphatic carbocycles. The summed E-state index contributed by atoms with van der Waals surface area (Å²) < 4.78 is 10.4. The van der Waals surface area contributed by atoms with Crippen LogP contribution in [0, 0.1) is 6.57 Å². The van der Waals surface area contributed by atoms with Gasteiger partial charge >= 0.3 is 0 Å². The maximum absolute atomic E-state index is 6.97. The molecule has 1 unspecified atom stereocenters. The summed E-state index contributed by atoms with van der Waals surface area (Å²) in [5, 5.41) is 0. The van der Waals surface area contributed by atoms with E-state index in [0.717, 1.165) is 5.56 Å². The van der Waals surface area contributed by atoms with Gasteiger partial charge < -0.3 is 14.3 Å². The van der Waals surface area contributed by atoms with Crippen molar-refractivity contribution in [1.29, 1.82) is 0 Å². The van der Waals surface area contributed by atoms with Gasteiger partial charge in [-0.05, 0) is 12.1 Å². The predicted octanol–water partition coefficient (Wildman–Crippen LogP) is 2.68. The van der Waals surface area contributed by atoms with Gasteiger partial charge in [0.2, 0.25) is 6.04 Å². The maximum atomic E-state index is 6.97. The Bertz CT molecular complexity index is 355. The van der Waals surface area contributed by atoms with Gasteiger partial charge in [0.1, 0.15) is 0 Å². The molecular weight excluding hydrogens is 178 g/mol. The lowest BCUT2D eigenvalue weighted by Crippen LogP contribution is -1.97. The van der Waals surface area contributed by atoms with Crippen LogP contribution in [0.2, 0.25) is 0 Å². The normalized spacial score (nSPS) is 11.6. The van der Waals surface area contributed by atoms with E-state index in [2.05, 4.69) is 4.85 Å². The van der Waals surface area contributed by atoms with Gasteiger partial charge in [-0.1, -0.05) is 6.07 Å². The average molecular weight is 191 g/mol. The molecule has 0 radical (unpaired) electrons. The molecule has 0 saturated heterocycles. The Morgan fingerprint density at radius 3 is 2.50 bits per heavy atom. The number of ether oxygens (including phenoxy) is 2. The van der Waals surface area contributed by atoms with Gasteiger partial charge in [0.25, 0.3) is 0 Å². The van der Waals surface area contributed by atoms with Crippen molar-refractivity contribution in [1.82, 2.24) is 0 Å². The predicted molar refractivity (Wildman–Crippen MR) is 54.6 cm³/mol. The molecule has 1 rings (SSSR count). The standard InChI is InChI=1S/C11H13NO2/c1-8(12-2)9-6-5-7-10(13-3)11(9)14-4/h5-8H,1,3-4H3. The highest BCUT2D eigenvalue weighted by molar-refractivity contribution is 5.48. The van der Waals surface area contributed by atoms with Crippen molar-refractivity contribution in [3.05, 3.63) is 35.2 Å². The lowest BCUT2D eigenvalue weighted by molar-refractivity contribution is 0.351. The van der Waals surface area contributed by atoms with Crippen LogP contribution >= 0.6 is 0 Å². The molecule has 0 amide bonds. The first-order valence-corrected chi connectivity index (χ1v) is 4.32. The summed E-state index contributed by atoms with van der Waals surface area (Å²) in [5.74, 6) is 1.32. The zero-order valence-corrected chi connectivity index (χ0v) is 8.57. The Hall–Kier alpha value is -1.69. The Morgan fingerprint density at radius 1 is 1.29 bits per heavy atom. The van der Waals surface area contributed by atoms with Gasteiger partial charge in [-0.2, -0.15) is 0 Å². The van der Waals surface area contributed by atoms with Crippen molar-refractivity contribution in [2.45, 2.75) is 13.0 Å². The molecular formula is C11H13NO2. The van der Waals surface area contributed by atoms with E-state index in [-0.39, 0.29) is 6.04 Å². The minimum atomic E-state index is -0.208. The Balaban J connectivity index is 3.23. The first kappa shape index (κ1) is 10.4. The van der Waals surface area contributed by atoms with E-state index in [1.54, 1.807) is 14.2 Å². The topological polar surface area (TPSA) is 22.8 Å². The number of benzene rings is 1. The van der Waals surface area contributed by atoms with E-state index in [4.69, 9.17) is 16.0 Å². The van der Waals surface area contributed by atoms with Crippen molar-refractivity contribution in [3.8, 4) is 11.5 Å². The van der Waals surface area contributed by atoms with Crippen LogP contribution in [-0.4, -0.2) is 14.2 Å². The smallest absolute Gasteiger partial charge is 0.249 e. The molecule has 0 aliphatic heterocycles. The quantitative estimate of drug-likeness (QED) is 0.685. The average Bonchev–Trinajstić information content (AvgIpc) is 2.26. The molecule has 1 atom stereocenters. The number of methoxy groups -OCH3 is 2. The van der Waals surface area contributed by atoms with Gasteiger partial charge in [0, 0.05) is 6.92 Å². The van der Waals surface area contributed by atoms with E-state index in [1.807, 2.05) is 25.1 Å². The highest BCUT2D eigenvalue weighted by Crippen LogP contribution is 2.35. The molecule has 74 valence electrons. The Labute approximate surface area is 84.1 Å². The van der Waals surface area contributed by atoms with E-state index >= 15 is 0 Å². The monoisotopic (exact) mass is 191 g/mol. The fraction of sp³-hybridized carbons (Fsp3) is 0.364. The van der Waals surface area contributed by atoms with Gasteiger partial charge in [-0.25, -0.2) is 6.57 Å². The minimum Gasteiger partial charge on any atom is -0.493 e. The van der Waals surface area contributed by atoms with Crippen molar-refractivity contribution in [2.24, 2.45) is 0 Å². The van der Waals surface area contributed by atoms with Crippen LogP contribution in [0.25, 0.3) is 4.85 Å². The third-order valence-electron chi connectivity index (χ3n) is 2.08. The third-order valence-corrected chi connectivity index (χ3v) is 2.08. The summed E-state index contributed by atoms with van der Waals surface area (Å²) >= 11 is 0. The molecule has 0 N–H and O–H groups in total. The molecule has 0 saturated carbocycles. The number of hydrogen-bond donors (Lipinski definition) is 0. The highest BCUT2D eigenvalue weighted by atomic mass is 16.5. The van der Waals surface area contributed by atoms with E-state index in [0.29, 0.717) is 11.5 Å². The molecule has 0 bridgehead atoms. The fourth-order valence-electron chi connectivity index (χ4n) is 1.31. The number of para-hydroxylation sites is 1.